The van der Waals surface area contributed by atoms with Crippen LogP contribution in [0.1, 0.15) is 30.7 Å². The van der Waals surface area contributed by atoms with E-state index in [1.165, 1.54) is 12.8 Å². The maximum absolute atomic E-state index is 12.4. The van der Waals surface area contributed by atoms with Crippen LogP contribution in [0.4, 0.5) is 0 Å². The van der Waals surface area contributed by atoms with Crippen LogP contribution in [0, 0.1) is 5.92 Å². The van der Waals surface area contributed by atoms with Crippen molar-refractivity contribution in [3.63, 3.8) is 0 Å². The van der Waals surface area contributed by atoms with Crippen molar-refractivity contribution in [3.8, 4) is 5.75 Å². The molecular formula is C17H21NO3. The third-order valence-electron chi connectivity index (χ3n) is 5.40. The average Bonchev–Trinajstić information content (AvgIpc) is 2.55. The second kappa shape index (κ2) is 5.02. The van der Waals surface area contributed by atoms with Gasteiger partial charge in [-0.05, 0) is 56.0 Å². The van der Waals surface area contributed by atoms with Crippen LogP contribution in [-0.2, 0) is 9.53 Å². The molecule has 21 heavy (non-hydrogen) atoms. The molecule has 4 aliphatic heterocycles. The Morgan fingerprint density at radius 3 is 2.86 bits per heavy atom. The Labute approximate surface area is 125 Å². The highest BCUT2D eigenvalue weighted by molar-refractivity contribution is 5.79. The Kier molecular flexibility index (Phi) is 3.14. The van der Waals surface area contributed by atoms with Gasteiger partial charge in [-0.1, -0.05) is 12.1 Å². The lowest BCUT2D eigenvalue weighted by Gasteiger charge is -2.53. The van der Waals surface area contributed by atoms with Gasteiger partial charge in [-0.25, -0.2) is 0 Å². The standard InChI is InChI=1S/C17H21NO3/c1-20-13-4-2-3-12(9-13)14-10-15-16(21-17(14)19)11-5-7-18(15)8-6-11/h2-4,9,11,14-16H,5-8,10H2,1H3. The highest BCUT2D eigenvalue weighted by Gasteiger charge is 2.49. The van der Waals surface area contributed by atoms with Crippen LogP contribution in [0.2, 0.25) is 0 Å². The fourth-order valence-corrected chi connectivity index (χ4v) is 4.24. The van der Waals surface area contributed by atoms with Crippen LogP contribution >= 0.6 is 0 Å². The first-order valence-electron chi connectivity index (χ1n) is 7.85. The van der Waals surface area contributed by atoms with Gasteiger partial charge in [0.05, 0.1) is 13.0 Å². The largest absolute Gasteiger partial charge is 0.497 e. The molecule has 0 radical (unpaired) electrons. The quantitative estimate of drug-likeness (QED) is 0.782. The van der Waals surface area contributed by atoms with Crippen molar-refractivity contribution < 1.29 is 14.3 Å². The molecule has 1 aromatic rings. The molecule has 4 heteroatoms. The van der Waals surface area contributed by atoms with Crippen LogP contribution in [0.25, 0.3) is 0 Å². The number of carbonyl (C=O) groups excluding carboxylic acids is 1. The minimum atomic E-state index is -0.152. The number of esters is 1. The number of fused-ring (bicyclic) bond motifs is 2. The van der Waals surface area contributed by atoms with Crippen molar-refractivity contribution in [2.75, 3.05) is 20.2 Å². The third-order valence-corrected chi connectivity index (χ3v) is 5.40. The molecule has 5 rings (SSSR count). The van der Waals surface area contributed by atoms with Gasteiger partial charge in [0.2, 0.25) is 0 Å². The number of rotatable bonds is 2. The molecule has 112 valence electrons. The number of benzene rings is 1. The monoisotopic (exact) mass is 287 g/mol. The minimum Gasteiger partial charge on any atom is -0.497 e. The number of hydrogen-bond acceptors (Lipinski definition) is 4. The summed E-state index contributed by atoms with van der Waals surface area (Å²) in [5, 5.41) is 0. The molecule has 0 amide bonds. The highest BCUT2D eigenvalue weighted by atomic mass is 16.5. The number of piperidine rings is 3. The van der Waals surface area contributed by atoms with Crippen molar-refractivity contribution in [1.29, 1.82) is 0 Å². The lowest BCUT2D eigenvalue weighted by Crippen LogP contribution is -2.61. The minimum absolute atomic E-state index is 0.0572. The van der Waals surface area contributed by atoms with Gasteiger partial charge >= 0.3 is 5.97 Å². The Bertz CT molecular complexity index is 551. The summed E-state index contributed by atoms with van der Waals surface area (Å²) in [6.07, 6.45) is 3.37. The molecule has 0 aliphatic carbocycles. The van der Waals surface area contributed by atoms with E-state index in [1.807, 2.05) is 24.3 Å². The van der Waals surface area contributed by atoms with Gasteiger partial charge in [0, 0.05) is 6.04 Å². The van der Waals surface area contributed by atoms with E-state index in [4.69, 9.17) is 9.47 Å². The third kappa shape index (κ3) is 2.13. The SMILES string of the molecule is COc1cccc(C2CC3C(OC2=O)C2CCN3CC2)c1. The predicted octanol–water partition coefficient (Wildman–Crippen LogP) is 2.19. The first-order valence-corrected chi connectivity index (χ1v) is 7.85. The summed E-state index contributed by atoms with van der Waals surface area (Å²) in [5.74, 6) is 1.17. The van der Waals surface area contributed by atoms with Gasteiger partial charge in [0.15, 0.2) is 0 Å². The van der Waals surface area contributed by atoms with Crippen LogP contribution in [-0.4, -0.2) is 43.2 Å². The second-order valence-corrected chi connectivity index (χ2v) is 6.41. The molecule has 3 atom stereocenters. The van der Waals surface area contributed by atoms with Crippen molar-refractivity contribution >= 4 is 5.97 Å². The average molecular weight is 287 g/mol. The summed E-state index contributed by atoms with van der Waals surface area (Å²) in [4.78, 5) is 15.0. The van der Waals surface area contributed by atoms with Crippen molar-refractivity contribution in [1.82, 2.24) is 4.90 Å². The lowest BCUT2D eigenvalue weighted by atomic mass is 9.75. The van der Waals surface area contributed by atoms with E-state index >= 15 is 0 Å². The normalized spacial score (nSPS) is 37.8. The van der Waals surface area contributed by atoms with E-state index in [9.17, 15) is 4.79 Å². The van der Waals surface area contributed by atoms with E-state index in [0.29, 0.717) is 12.0 Å². The zero-order valence-corrected chi connectivity index (χ0v) is 12.3. The second-order valence-electron chi connectivity index (χ2n) is 6.41. The Morgan fingerprint density at radius 1 is 1.29 bits per heavy atom. The van der Waals surface area contributed by atoms with Gasteiger partial charge < -0.3 is 9.47 Å². The number of hydrogen-bond donors (Lipinski definition) is 0. The molecule has 4 heterocycles. The van der Waals surface area contributed by atoms with Gasteiger partial charge in [-0.2, -0.15) is 0 Å². The van der Waals surface area contributed by atoms with Crippen molar-refractivity contribution in [2.24, 2.45) is 5.92 Å². The summed E-state index contributed by atoms with van der Waals surface area (Å²) in [5.41, 5.74) is 1.01. The van der Waals surface area contributed by atoms with E-state index in [-0.39, 0.29) is 18.0 Å². The Balaban J connectivity index is 1.61. The molecule has 4 saturated heterocycles. The predicted molar refractivity (Wildman–Crippen MR) is 78.3 cm³/mol. The fourth-order valence-electron chi connectivity index (χ4n) is 4.24. The molecule has 4 aliphatic rings. The van der Waals surface area contributed by atoms with Crippen LogP contribution < -0.4 is 4.74 Å². The summed E-state index contributed by atoms with van der Waals surface area (Å²) >= 11 is 0. The zero-order chi connectivity index (χ0) is 14.4. The van der Waals surface area contributed by atoms with Gasteiger partial charge in [0.25, 0.3) is 0 Å². The number of methoxy groups -OCH3 is 1. The molecule has 0 aromatic heterocycles. The highest BCUT2D eigenvalue weighted by Crippen LogP contribution is 2.42. The first-order chi connectivity index (χ1) is 10.3. The maximum Gasteiger partial charge on any atom is 0.313 e. The number of nitrogens with zero attached hydrogens (tertiary/aromatic N) is 1. The van der Waals surface area contributed by atoms with Crippen molar-refractivity contribution in [3.05, 3.63) is 29.8 Å². The van der Waals surface area contributed by atoms with Gasteiger partial charge in [0.1, 0.15) is 11.9 Å². The maximum atomic E-state index is 12.4. The molecule has 3 unspecified atom stereocenters. The topological polar surface area (TPSA) is 38.8 Å². The molecule has 4 fully saturated rings. The fraction of sp³-hybridized carbons (Fsp3) is 0.588. The van der Waals surface area contributed by atoms with E-state index < -0.39 is 0 Å². The van der Waals surface area contributed by atoms with E-state index in [0.717, 1.165) is 30.8 Å². The van der Waals surface area contributed by atoms with Crippen LogP contribution in [0.3, 0.4) is 0 Å². The zero-order valence-electron chi connectivity index (χ0n) is 12.3. The number of carbonyl (C=O) groups is 1. The summed E-state index contributed by atoms with van der Waals surface area (Å²) in [6, 6.07) is 8.23. The lowest BCUT2D eigenvalue weighted by molar-refractivity contribution is -0.180. The molecule has 1 aromatic carbocycles. The Hall–Kier alpha value is -1.55. The molecule has 4 nitrogen and oxygen atoms in total. The molecule has 2 bridgehead atoms. The molecular weight excluding hydrogens is 266 g/mol. The van der Waals surface area contributed by atoms with Gasteiger partial charge in [-0.3, -0.25) is 9.69 Å². The van der Waals surface area contributed by atoms with E-state index in [1.54, 1.807) is 7.11 Å². The Morgan fingerprint density at radius 2 is 2.10 bits per heavy atom. The van der Waals surface area contributed by atoms with Crippen molar-refractivity contribution in [2.45, 2.75) is 37.3 Å². The smallest absolute Gasteiger partial charge is 0.313 e. The first kappa shape index (κ1) is 13.1. The van der Waals surface area contributed by atoms with Gasteiger partial charge in [-0.15, -0.1) is 0 Å². The van der Waals surface area contributed by atoms with E-state index in [2.05, 4.69) is 4.90 Å². The van der Waals surface area contributed by atoms with Crippen LogP contribution in [0.15, 0.2) is 24.3 Å². The molecule has 0 N–H and O–H groups in total. The summed E-state index contributed by atoms with van der Waals surface area (Å²) < 4.78 is 11.1. The molecule has 0 spiro atoms. The molecule has 0 saturated carbocycles. The number of ether oxygens (including phenoxy) is 2. The summed E-state index contributed by atoms with van der Waals surface area (Å²) in [6.45, 7) is 2.32. The summed E-state index contributed by atoms with van der Waals surface area (Å²) in [7, 11) is 1.65. The van der Waals surface area contributed by atoms with Crippen LogP contribution in [0.5, 0.6) is 5.75 Å².